The van der Waals surface area contributed by atoms with Crippen LogP contribution in [0.2, 0.25) is 0 Å². The molecule has 0 spiro atoms. The summed E-state index contributed by atoms with van der Waals surface area (Å²) >= 11 is 0. The Morgan fingerprint density at radius 1 is 0.958 bits per heavy atom. The maximum absolute atomic E-state index is 11.5. The first-order valence-electron chi connectivity index (χ1n) is 8.57. The van der Waals surface area contributed by atoms with Crippen LogP contribution in [-0.4, -0.2) is 53.5 Å². The monoisotopic (exact) mass is 342 g/mol. The molecule has 0 amide bonds. The number of fused-ring (bicyclic) bond motifs is 1. The molecule has 3 heterocycles. The molecule has 0 radical (unpaired) electrons. The van der Waals surface area contributed by atoms with E-state index in [0.717, 1.165) is 0 Å². The second-order valence-electron chi connectivity index (χ2n) is 8.94. The normalized spacial score (nSPS) is 44.3. The molecule has 1 N–H and O–H groups in total. The van der Waals surface area contributed by atoms with Crippen LogP contribution in [0.5, 0.6) is 0 Å². The van der Waals surface area contributed by atoms with Crippen LogP contribution in [0.3, 0.4) is 0 Å². The molecule has 0 aromatic carbocycles. The Balaban J connectivity index is 1.90. The summed E-state index contributed by atoms with van der Waals surface area (Å²) < 4.78 is 29.4. The highest BCUT2D eigenvalue weighted by Gasteiger charge is 2.65. The summed E-state index contributed by atoms with van der Waals surface area (Å²) in [4.78, 5) is 0. The van der Waals surface area contributed by atoms with Gasteiger partial charge in [-0.3, -0.25) is 0 Å². The van der Waals surface area contributed by atoms with Crippen LogP contribution in [0.4, 0.5) is 0 Å². The molecule has 6 nitrogen and oxygen atoms in total. The van der Waals surface area contributed by atoms with E-state index in [9.17, 15) is 5.11 Å². The fourth-order valence-electron chi connectivity index (χ4n) is 3.38. The van der Waals surface area contributed by atoms with Crippen molar-refractivity contribution in [3.05, 3.63) is 12.2 Å². The number of hydrogen-bond acceptors (Lipinski definition) is 6. The van der Waals surface area contributed by atoms with Gasteiger partial charge in [-0.15, -0.1) is 0 Å². The van der Waals surface area contributed by atoms with Crippen molar-refractivity contribution in [2.75, 3.05) is 6.61 Å². The number of rotatable bonds is 2. The van der Waals surface area contributed by atoms with Crippen LogP contribution < -0.4 is 0 Å². The van der Waals surface area contributed by atoms with Gasteiger partial charge in [0.15, 0.2) is 17.9 Å². The van der Waals surface area contributed by atoms with Gasteiger partial charge in [0.25, 0.3) is 0 Å². The number of allylic oxidation sites excluding steroid dienone is 1. The smallest absolute Gasteiger partial charge is 0.191 e. The largest absolute Gasteiger partial charge is 0.380 e. The van der Waals surface area contributed by atoms with Gasteiger partial charge in [0, 0.05) is 0 Å². The molecule has 3 saturated heterocycles. The first-order chi connectivity index (χ1) is 10.8. The van der Waals surface area contributed by atoms with Crippen LogP contribution >= 0.6 is 0 Å². The van der Waals surface area contributed by atoms with Crippen molar-refractivity contribution in [3.63, 3.8) is 0 Å². The summed E-state index contributed by atoms with van der Waals surface area (Å²) in [5.74, 6) is -1.49. The quantitative estimate of drug-likeness (QED) is 0.777. The highest BCUT2D eigenvalue weighted by atomic mass is 16.8. The molecule has 3 aliphatic heterocycles. The Labute approximate surface area is 144 Å². The van der Waals surface area contributed by atoms with E-state index in [1.165, 1.54) is 0 Å². The van der Waals surface area contributed by atoms with E-state index in [1.807, 2.05) is 33.8 Å². The molecule has 0 aromatic heterocycles. The molecule has 0 aliphatic carbocycles. The zero-order valence-electron chi connectivity index (χ0n) is 15.7. The highest BCUT2D eigenvalue weighted by Crippen LogP contribution is 2.47. The molecule has 0 aromatic rings. The molecule has 0 unspecified atom stereocenters. The lowest BCUT2D eigenvalue weighted by atomic mass is 9.85. The number of ether oxygens (including phenoxy) is 5. The van der Waals surface area contributed by atoms with Gasteiger partial charge in [-0.25, -0.2) is 0 Å². The highest BCUT2D eigenvalue weighted by molar-refractivity contribution is 5.19. The second kappa shape index (κ2) is 5.50. The summed E-state index contributed by atoms with van der Waals surface area (Å²) in [5, 5.41) is 11.5. The lowest BCUT2D eigenvalue weighted by molar-refractivity contribution is -0.241. The van der Waals surface area contributed by atoms with Crippen molar-refractivity contribution in [2.45, 2.75) is 90.2 Å². The van der Waals surface area contributed by atoms with Gasteiger partial charge < -0.3 is 28.8 Å². The van der Waals surface area contributed by atoms with Gasteiger partial charge in [0.05, 0.1) is 6.61 Å². The predicted octanol–water partition coefficient (Wildman–Crippen LogP) is 2.35. The zero-order chi connectivity index (χ0) is 18.0. The standard InChI is InChI=1S/C18H30O6/c1-15(2,3)8-9-18(19)12(11-10-20-16(4,5)22-11)21-14-13(18)23-17(6,7)24-14/h8-9,11-14,19H,10H2,1-7H3/b9-8+/t11-,12-,13+,14-,18-/m1/s1. The maximum Gasteiger partial charge on any atom is 0.191 e. The van der Waals surface area contributed by atoms with Crippen LogP contribution in [-0.2, 0) is 23.7 Å². The average molecular weight is 342 g/mol. The van der Waals surface area contributed by atoms with Crippen molar-refractivity contribution in [2.24, 2.45) is 5.41 Å². The van der Waals surface area contributed by atoms with Crippen molar-refractivity contribution in [3.8, 4) is 0 Å². The van der Waals surface area contributed by atoms with Crippen LogP contribution in [0, 0.1) is 5.41 Å². The molecule has 3 aliphatic rings. The lowest BCUT2D eigenvalue weighted by Gasteiger charge is -2.34. The minimum atomic E-state index is -1.35. The van der Waals surface area contributed by atoms with E-state index in [4.69, 9.17) is 23.7 Å². The fourth-order valence-corrected chi connectivity index (χ4v) is 3.38. The van der Waals surface area contributed by atoms with Crippen molar-refractivity contribution >= 4 is 0 Å². The summed E-state index contributed by atoms with van der Waals surface area (Å²) in [6, 6.07) is 0. The summed E-state index contributed by atoms with van der Waals surface area (Å²) in [7, 11) is 0. The van der Waals surface area contributed by atoms with E-state index < -0.39 is 41.8 Å². The lowest BCUT2D eigenvalue weighted by Crippen LogP contribution is -2.53. The molecule has 0 bridgehead atoms. The number of aliphatic hydroxyl groups is 1. The summed E-state index contributed by atoms with van der Waals surface area (Å²) in [5.41, 5.74) is -1.43. The molecular weight excluding hydrogens is 312 g/mol. The van der Waals surface area contributed by atoms with Gasteiger partial charge in [-0.05, 0) is 33.1 Å². The van der Waals surface area contributed by atoms with Gasteiger partial charge in [-0.1, -0.05) is 32.9 Å². The Morgan fingerprint density at radius 2 is 1.62 bits per heavy atom. The van der Waals surface area contributed by atoms with Gasteiger partial charge >= 0.3 is 0 Å². The average Bonchev–Trinajstić information content (AvgIpc) is 2.98. The summed E-state index contributed by atoms with van der Waals surface area (Å²) in [6.45, 7) is 13.9. The minimum Gasteiger partial charge on any atom is -0.380 e. The SMILES string of the molecule is CC(C)(C)/C=C/[C@@]1(O)[C@@H]([C@H]2COC(C)(C)O2)O[C@@H]2OC(C)(C)O[C@@H]21. The van der Waals surface area contributed by atoms with E-state index in [-0.39, 0.29) is 5.41 Å². The Bertz CT molecular complexity index is 520. The summed E-state index contributed by atoms with van der Waals surface area (Å²) in [6.07, 6.45) is 1.50. The first kappa shape index (κ1) is 18.3. The third-order valence-corrected chi connectivity index (χ3v) is 4.47. The second-order valence-corrected chi connectivity index (χ2v) is 8.94. The molecule has 138 valence electrons. The van der Waals surface area contributed by atoms with Gasteiger partial charge in [0.2, 0.25) is 0 Å². The topological polar surface area (TPSA) is 66.4 Å². The Morgan fingerprint density at radius 3 is 2.17 bits per heavy atom. The fraction of sp³-hybridized carbons (Fsp3) is 0.889. The number of hydrogen-bond donors (Lipinski definition) is 1. The van der Waals surface area contributed by atoms with Crippen molar-refractivity contribution in [1.29, 1.82) is 0 Å². The molecule has 0 saturated carbocycles. The van der Waals surface area contributed by atoms with E-state index >= 15 is 0 Å². The molecule has 5 atom stereocenters. The maximum atomic E-state index is 11.5. The van der Waals surface area contributed by atoms with Gasteiger partial charge in [-0.2, -0.15) is 0 Å². The third kappa shape index (κ3) is 3.41. The predicted molar refractivity (Wildman–Crippen MR) is 87.1 cm³/mol. The molecule has 3 fully saturated rings. The molecule has 6 heteroatoms. The third-order valence-electron chi connectivity index (χ3n) is 4.47. The zero-order valence-corrected chi connectivity index (χ0v) is 15.7. The molecular formula is C18H30O6. The Hall–Kier alpha value is -0.500. The first-order valence-corrected chi connectivity index (χ1v) is 8.57. The van der Waals surface area contributed by atoms with E-state index in [2.05, 4.69) is 20.8 Å². The van der Waals surface area contributed by atoms with Gasteiger partial charge in [0.1, 0.15) is 23.9 Å². The van der Waals surface area contributed by atoms with Crippen LogP contribution in [0.25, 0.3) is 0 Å². The van der Waals surface area contributed by atoms with Crippen molar-refractivity contribution in [1.82, 2.24) is 0 Å². The van der Waals surface area contributed by atoms with Crippen LogP contribution in [0.1, 0.15) is 48.5 Å². The van der Waals surface area contributed by atoms with Crippen LogP contribution in [0.15, 0.2) is 12.2 Å². The molecule has 24 heavy (non-hydrogen) atoms. The molecule has 3 rings (SSSR count). The van der Waals surface area contributed by atoms with Crippen molar-refractivity contribution < 1.29 is 28.8 Å². The Kier molecular flexibility index (Phi) is 4.19. The van der Waals surface area contributed by atoms with E-state index in [1.54, 1.807) is 6.08 Å². The van der Waals surface area contributed by atoms with E-state index in [0.29, 0.717) is 6.61 Å². The minimum absolute atomic E-state index is 0.0837.